The molecule has 1 aliphatic heterocycles. The predicted molar refractivity (Wildman–Crippen MR) is 91.0 cm³/mol. The molecule has 0 radical (unpaired) electrons. The van der Waals surface area contributed by atoms with Crippen LogP contribution in [0.3, 0.4) is 0 Å². The molecule has 1 aromatic heterocycles. The molecule has 7 heteroatoms. The van der Waals surface area contributed by atoms with Crippen molar-refractivity contribution >= 4 is 11.7 Å². The van der Waals surface area contributed by atoms with Gasteiger partial charge in [0.1, 0.15) is 24.2 Å². The van der Waals surface area contributed by atoms with E-state index in [2.05, 4.69) is 16.2 Å². The molecule has 7 nitrogen and oxygen atoms in total. The van der Waals surface area contributed by atoms with E-state index in [4.69, 9.17) is 9.15 Å². The number of nitrogens with one attached hydrogen (secondary N) is 3. The Morgan fingerprint density at radius 1 is 1.28 bits per heavy atom. The van der Waals surface area contributed by atoms with Crippen molar-refractivity contribution in [3.05, 3.63) is 54.0 Å². The summed E-state index contributed by atoms with van der Waals surface area (Å²) >= 11 is 0. The summed E-state index contributed by atoms with van der Waals surface area (Å²) in [4.78, 5) is 23.5. The molecule has 0 bridgehead atoms. The van der Waals surface area contributed by atoms with Gasteiger partial charge in [0.2, 0.25) is 5.91 Å². The van der Waals surface area contributed by atoms with Crippen LogP contribution in [0.2, 0.25) is 0 Å². The number of hydrazine groups is 1. The third-order valence-electron chi connectivity index (χ3n) is 4.01. The van der Waals surface area contributed by atoms with Crippen LogP contribution in [0, 0.1) is 0 Å². The standard InChI is InChI=1S/C18H21N3O4/c1-12(22)13-4-2-5-15(8-13)25-11-14-9-17(21-20-14)18(23)19-10-16-6-3-7-24-16/h2-8,14,17,20-21H,9-11H2,1H3,(H,19,23). The number of ether oxygens (including phenoxy) is 1. The zero-order valence-electron chi connectivity index (χ0n) is 14.0. The molecule has 3 N–H and O–H groups in total. The fourth-order valence-electron chi connectivity index (χ4n) is 2.62. The molecular formula is C18H21N3O4. The molecule has 3 rings (SSSR count). The zero-order chi connectivity index (χ0) is 17.6. The minimum absolute atomic E-state index is 0.000321. The van der Waals surface area contributed by atoms with Gasteiger partial charge in [0, 0.05) is 5.56 Å². The molecule has 0 aliphatic carbocycles. The fraction of sp³-hybridized carbons (Fsp3) is 0.333. The summed E-state index contributed by atoms with van der Waals surface area (Å²) in [6, 6.07) is 10.3. The Labute approximate surface area is 145 Å². The smallest absolute Gasteiger partial charge is 0.238 e. The lowest BCUT2D eigenvalue weighted by atomic mass is 10.1. The van der Waals surface area contributed by atoms with E-state index in [0.717, 1.165) is 0 Å². The van der Waals surface area contributed by atoms with Gasteiger partial charge in [-0.3, -0.25) is 15.0 Å². The number of carbonyl (C=O) groups is 2. The Kier molecular flexibility index (Phi) is 5.47. The predicted octanol–water partition coefficient (Wildman–Crippen LogP) is 1.41. The van der Waals surface area contributed by atoms with E-state index < -0.39 is 0 Å². The summed E-state index contributed by atoms with van der Waals surface area (Å²) in [5, 5.41) is 2.83. The molecule has 1 aromatic carbocycles. The molecule has 1 saturated heterocycles. The molecule has 0 spiro atoms. The van der Waals surface area contributed by atoms with Crippen LogP contribution >= 0.6 is 0 Å². The summed E-state index contributed by atoms with van der Waals surface area (Å²) in [7, 11) is 0. The van der Waals surface area contributed by atoms with Crippen LogP contribution in [0.4, 0.5) is 0 Å². The van der Waals surface area contributed by atoms with Gasteiger partial charge in [-0.25, -0.2) is 5.43 Å². The van der Waals surface area contributed by atoms with Gasteiger partial charge < -0.3 is 14.5 Å². The first kappa shape index (κ1) is 17.2. The van der Waals surface area contributed by atoms with E-state index in [1.807, 2.05) is 12.1 Å². The fourth-order valence-corrected chi connectivity index (χ4v) is 2.62. The Balaban J connectivity index is 1.44. The molecule has 2 atom stereocenters. The first-order chi connectivity index (χ1) is 12.1. The minimum Gasteiger partial charge on any atom is -0.492 e. The van der Waals surface area contributed by atoms with Crippen molar-refractivity contribution in [1.82, 2.24) is 16.2 Å². The molecule has 1 amide bonds. The average Bonchev–Trinajstić information content (AvgIpc) is 3.30. The van der Waals surface area contributed by atoms with Crippen LogP contribution < -0.4 is 20.9 Å². The third kappa shape index (κ3) is 4.68. The normalized spacial score (nSPS) is 19.6. The Bertz CT molecular complexity index is 730. The highest BCUT2D eigenvalue weighted by Gasteiger charge is 2.29. The number of rotatable bonds is 7. The molecular weight excluding hydrogens is 322 g/mol. The molecule has 2 heterocycles. The zero-order valence-corrected chi connectivity index (χ0v) is 14.0. The van der Waals surface area contributed by atoms with Gasteiger partial charge in [0.25, 0.3) is 0 Å². The summed E-state index contributed by atoms with van der Waals surface area (Å²) in [5.41, 5.74) is 6.65. The van der Waals surface area contributed by atoms with Gasteiger partial charge in [-0.15, -0.1) is 0 Å². The van der Waals surface area contributed by atoms with E-state index >= 15 is 0 Å². The van der Waals surface area contributed by atoms with Crippen LogP contribution in [-0.2, 0) is 11.3 Å². The Hall–Kier alpha value is -2.64. The first-order valence-corrected chi connectivity index (χ1v) is 8.17. The molecule has 25 heavy (non-hydrogen) atoms. The number of furan rings is 1. The number of benzene rings is 1. The lowest BCUT2D eigenvalue weighted by molar-refractivity contribution is -0.123. The second-order valence-electron chi connectivity index (χ2n) is 5.97. The largest absolute Gasteiger partial charge is 0.492 e. The van der Waals surface area contributed by atoms with Crippen molar-refractivity contribution in [2.75, 3.05) is 6.61 Å². The summed E-state index contributed by atoms with van der Waals surface area (Å²) in [6.45, 7) is 2.28. The van der Waals surface area contributed by atoms with E-state index in [1.165, 1.54) is 6.92 Å². The average molecular weight is 343 g/mol. The number of hydrogen-bond acceptors (Lipinski definition) is 6. The SMILES string of the molecule is CC(=O)c1cccc(OCC2CC(C(=O)NCc3ccco3)NN2)c1. The van der Waals surface area contributed by atoms with Crippen LogP contribution in [0.15, 0.2) is 47.1 Å². The second kappa shape index (κ2) is 7.96. The van der Waals surface area contributed by atoms with E-state index in [0.29, 0.717) is 36.6 Å². The summed E-state index contributed by atoms with van der Waals surface area (Å²) in [6.07, 6.45) is 2.18. The second-order valence-corrected chi connectivity index (χ2v) is 5.97. The van der Waals surface area contributed by atoms with Gasteiger partial charge in [-0.1, -0.05) is 12.1 Å². The number of ketones is 1. The van der Waals surface area contributed by atoms with Crippen molar-refractivity contribution in [3.63, 3.8) is 0 Å². The summed E-state index contributed by atoms with van der Waals surface area (Å²) in [5.74, 6) is 1.26. The highest BCUT2D eigenvalue weighted by molar-refractivity contribution is 5.94. The van der Waals surface area contributed by atoms with E-state index in [9.17, 15) is 9.59 Å². The van der Waals surface area contributed by atoms with E-state index in [-0.39, 0.29) is 23.8 Å². The number of amides is 1. The Morgan fingerprint density at radius 2 is 2.16 bits per heavy atom. The van der Waals surface area contributed by atoms with Crippen LogP contribution in [-0.4, -0.2) is 30.4 Å². The van der Waals surface area contributed by atoms with Crippen molar-refractivity contribution in [3.8, 4) is 5.75 Å². The van der Waals surface area contributed by atoms with Gasteiger partial charge in [-0.2, -0.15) is 0 Å². The van der Waals surface area contributed by atoms with Gasteiger partial charge in [0.15, 0.2) is 5.78 Å². The van der Waals surface area contributed by atoms with Gasteiger partial charge in [-0.05, 0) is 37.6 Å². The van der Waals surface area contributed by atoms with Gasteiger partial charge >= 0.3 is 0 Å². The van der Waals surface area contributed by atoms with E-state index in [1.54, 1.807) is 30.5 Å². The van der Waals surface area contributed by atoms with Crippen molar-refractivity contribution in [2.24, 2.45) is 0 Å². The molecule has 132 valence electrons. The van der Waals surface area contributed by atoms with Crippen LogP contribution in [0.5, 0.6) is 5.75 Å². The lowest BCUT2D eigenvalue weighted by Gasteiger charge is -2.12. The maximum absolute atomic E-state index is 12.1. The monoisotopic (exact) mass is 343 g/mol. The molecule has 2 aromatic rings. The quantitative estimate of drug-likeness (QED) is 0.659. The molecule has 1 fully saturated rings. The number of Topliss-reactive ketones (excluding diaryl/α,β-unsaturated/α-hetero) is 1. The number of hydrogen-bond donors (Lipinski definition) is 3. The van der Waals surface area contributed by atoms with Crippen molar-refractivity contribution in [1.29, 1.82) is 0 Å². The molecule has 1 aliphatic rings. The summed E-state index contributed by atoms with van der Waals surface area (Å²) < 4.78 is 10.9. The van der Waals surface area contributed by atoms with Gasteiger partial charge in [0.05, 0.1) is 18.8 Å². The number of carbonyl (C=O) groups excluding carboxylic acids is 2. The first-order valence-electron chi connectivity index (χ1n) is 8.17. The maximum Gasteiger partial charge on any atom is 0.238 e. The van der Waals surface area contributed by atoms with Crippen LogP contribution in [0.1, 0.15) is 29.5 Å². The Morgan fingerprint density at radius 3 is 2.92 bits per heavy atom. The molecule has 0 saturated carbocycles. The maximum atomic E-state index is 12.1. The van der Waals surface area contributed by atoms with Crippen molar-refractivity contribution < 1.29 is 18.7 Å². The third-order valence-corrected chi connectivity index (χ3v) is 4.01. The topological polar surface area (TPSA) is 92.6 Å². The van der Waals surface area contributed by atoms with Crippen molar-refractivity contribution in [2.45, 2.75) is 32.0 Å². The highest BCUT2D eigenvalue weighted by atomic mass is 16.5. The minimum atomic E-state index is -0.327. The highest BCUT2D eigenvalue weighted by Crippen LogP contribution is 2.15. The van der Waals surface area contributed by atoms with Crippen LogP contribution in [0.25, 0.3) is 0 Å². The lowest BCUT2D eigenvalue weighted by Crippen LogP contribution is -2.43. The molecule has 2 unspecified atom stereocenters.